The molecule has 1 aliphatic carbocycles. The molecular formula is C16H15F6NO2. The Morgan fingerprint density at radius 3 is 2.04 bits per heavy atom. The Bertz CT molecular complexity index is 652. The predicted molar refractivity (Wildman–Crippen MR) is 74.3 cm³/mol. The van der Waals surface area contributed by atoms with Crippen LogP contribution in [0.25, 0.3) is 0 Å². The summed E-state index contributed by atoms with van der Waals surface area (Å²) >= 11 is 0. The van der Waals surface area contributed by atoms with Crippen molar-refractivity contribution < 1.29 is 36.2 Å². The van der Waals surface area contributed by atoms with Gasteiger partial charge in [-0.05, 0) is 36.1 Å². The van der Waals surface area contributed by atoms with Gasteiger partial charge >= 0.3 is 12.4 Å². The van der Waals surface area contributed by atoms with E-state index < -0.39 is 41.9 Å². The highest BCUT2D eigenvalue weighted by Gasteiger charge is 2.47. The topological polar surface area (TPSA) is 40.5 Å². The first-order valence-electron chi connectivity index (χ1n) is 7.69. The van der Waals surface area contributed by atoms with E-state index in [1.807, 2.05) is 0 Å². The minimum atomic E-state index is -4.93. The molecule has 9 heteroatoms. The minimum Gasteiger partial charge on any atom is -0.393 e. The van der Waals surface area contributed by atoms with E-state index in [-0.39, 0.29) is 30.0 Å². The summed E-state index contributed by atoms with van der Waals surface area (Å²) in [5.41, 5.74) is -3.18. The molecule has 1 aromatic rings. The molecule has 0 bridgehead atoms. The summed E-state index contributed by atoms with van der Waals surface area (Å²) in [7, 11) is 0. The predicted octanol–water partition coefficient (Wildman–Crippen LogP) is 3.11. The molecule has 2 fully saturated rings. The van der Waals surface area contributed by atoms with Crippen LogP contribution in [0.15, 0.2) is 18.2 Å². The van der Waals surface area contributed by atoms with Crippen LogP contribution < -0.4 is 0 Å². The number of nitrogens with zero attached hydrogens (tertiary/aromatic N) is 1. The number of benzene rings is 1. The number of hydrogen-bond donors (Lipinski definition) is 1. The Morgan fingerprint density at radius 2 is 1.60 bits per heavy atom. The van der Waals surface area contributed by atoms with E-state index in [1.54, 1.807) is 0 Å². The quantitative estimate of drug-likeness (QED) is 0.816. The summed E-state index contributed by atoms with van der Waals surface area (Å²) in [6, 6.07) is 1.19. The molecule has 0 spiro atoms. The smallest absolute Gasteiger partial charge is 0.393 e. The van der Waals surface area contributed by atoms with E-state index in [1.165, 1.54) is 4.90 Å². The van der Waals surface area contributed by atoms with Crippen LogP contribution in [0.1, 0.15) is 23.1 Å². The molecule has 3 atom stereocenters. The van der Waals surface area contributed by atoms with E-state index in [2.05, 4.69) is 0 Å². The normalized spacial score (nSPS) is 26.4. The van der Waals surface area contributed by atoms with Gasteiger partial charge in [0.25, 0.3) is 0 Å². The molecule has 1 aliphatic heterocycles. The van der Waals surface area contributed by atoms with Gasteiger partial charge < -0.3 is 10.0 Å². The Kier molecular flexibility index (Phi) is 4.25. The number of fused-ring (bicyclic) bond motifs is 1. The second-order valence-electron chi connectivity index (χ2n) is 6.62. The van der Waals surface area contributed by atoms with E-state index in [9.17, 15) is 36.2 Å². The molecule has 25 heavy (non-hydrogen) atoms. The minimum absolute atomic E-state index is 0.0421. The third kappa shape index (κ3) is 3.61. The second-order valence-corrected chi connectivity index (χ2v) is 6.62. The molecule has 1 N–H and O–H groups in total. The van der Waals surface area contributed by atoms with Crippen LogP contribution in [0, 0.1) is 11.8 Å². The van der Waals surface area contributed by atoms with Crippen molar-refractivity contribution in [2.24, 2.45) is 11.8 Å². The maximum Gasteiger partial charge on any atom is 0.416 e. The average Bonchev–Trinajstić information content (AvgIpc) is 2.82. The molecule has 3 rings (SSSR count). The molecule has 0 unspecified atom stereocenters. The molecule has 1 saturated carbocycles. The Labute approximate surface area is 139 Å². The molecule has 0 radical (unpaired) electrons. The van der Waals surface area contributed by atoms with Crippen LogP contribution in [-0.4, -0.2) is 35.1 Å². The summed E-state index contributed by atoms with van der Waals surface area (Å²) in [5, 5.41) is 9.57. The number of alkyl halides is 6. The maximum atomic E-state index is 12.8. The number of hydrogen-bond acceptors (Lipinski definition) is 2. The first-order valence-corrected chi connectivity index (χ1v) is 7.69. The Hall–Kier alpha value is -1.77. The Morgan fingerprint density at radius 1 is 1.04 bits per heavy atom. The van der Waals surface area contributed by atoms with Crippen molar-refractivity contribution in [2.45, 2.75) is 31.3 Å². The third-order valence-corrected chi connectivity index (χ3v) is 4.89. The van der Waals surface area contributed by atoms with E-state index in [0.717, 1.165) is 0 Å². The van der Waals surface area contributed by atoms with Gasteiger partial charge in [0.1, 0.15) is 0 Å². The van der Waals surface area contributed by atoms with E-state index >= 15 is 0 Å². The lowest BCUT2D eigenvalue weighted by molar-refractivity contribution is -0.143. The van der Waals surface area contributed by atoms with Crippen molar-refractivity contribution in [3.63, 3.8) is 0 Å². The molecule has 3 nitrogen and oxygen atoms in total. The Balaban J connectivity index is 1.80. The van der Waals surface area contributed by atoms with Gasteiger partial charge in [-0.2, -0.15) is 26.3 Å². The number of carbonyl (C=O) groups excluding carboxylic acids is 1. The lowest BCUT2D eigenvalue weighted by Gasteiger charge is -2.34. The monoisotopic (exact) mass is 367 g/mol. The van der Waals surface area contributed by atoms with Crippen molar-refractivity contribution in [1.82, 2.24) is 4.90 Å². The number of rotatable bonds is 2. The second kappa shape index (κ2) is 5.89. The van der Waals surface area contributed by atoms with Crippen molar-refractivity contribution in [1.29, 1.82) is 0 Å². The van der Waals surface area contributed by atoms with Gasteiger partial charge in [-0.1, -0.05) is 0 Å². The van der Waals surface area contributed by atoms with Gasteiger partial charge in [-0.3, -0.25) is 4.79 Å². The summed E-state index contributed by atoms with van der Waals surface area (Å²) < 4.78 is 77.0. The van der Waals surface area contributed by atoms with Gasteiger partial charge in [0.15, 0.2) is 0 Å². The number of carbonyl (C=O) groups is 1. The fourth-order valence-corrected chi connectivity index (χ4v) is 3.48. The van der Waals surface area contributed by atoms with Gasteiger partial charge in [-0.15, -0.1) is 0 Å². The van der Waals surface area contributed by atoms with Crippen LogP contribution in [0.5, 0.6) is 0 Å². The molecular weight excluding hydrogens is 352 g/mol. The molecule has 2 aliphatic rings. The van der Waals surface area contributed by atoms with Crippen molar-refractivity contribution in [3.05, 3.63) is 34.9 Å². The van der Waals surface area contributed by atoms with Gasteiger partial charge in [0.2, 0.25) is 5.91 Å². The van der Waals surface area contributed by atoms with Gasteiger partial charge in [0, 0.05) is 19.0 Å². The molecule has 1 saturated heterocycles. The highest BCUT2D eigenvalue weighted by atomic mass is 19.4. The first-order chi connectivity index (χ1) is 11.4. The molecule has 1 amide bonds. The van der Waals surface area contributed by atoms with Crippen molar-refractivity contribution in [2.75, 3.05) is 13.1 Å². The number of aliphatic hydroxyl groups excluding tert-OH is 1. The number of likely N-dealkylation sites (tertiary alicyclic amines) is 1. The maximum absolute atomic E-state index is 12.8. The highest BCUT2D eigenvalue weighted by molar-refractivity contribution is 5.79. The molecule has 0 aromatic heterocycles. The first kappa shape index (κ1) is 18.0. The van der Waals surface area contributed by atoms with Crippen molar-refractivity contribution in [3.8, 4) is 0 Å². The zero-order valence-corrected chi connectivity index (χ0v) is 12.9. The third-order valence-electron chi connectivity index (χ3n) is 4.89. The largest absolute Gasteiger partial charge is 0.416 e. The summed E-state index contributed by atoms with van der Waals surface area (Å²) in [6.07, 6.45) is -10.3. The zero-order valence-electron chi connectivity index (χ0n) is 12.9. The lowest BCUT2D eigenvalue weighted by atomic mass is 9.74. The molecule has 138 valence electrons. The number of aliphatic hydroxyl groups is 1. The van der Waals surface area contributed by atoms with Crippen LogP contribution in [0.4, 0.5) is 26.3 Å². The number of halogens is 6. The van der Waals surface area contributed by atoms with Gasteiger partial charge in [-0.25, -0.2) is 0 Å². The fourth-order valence-electron chi connectivity index (χ4n) is 3.48. The van der Waals surface area contributed by atoms with Crippen LogP contribution in [0.2, 0.25) is 0 Å². The molecule has 1 heterocycles. The van der Waals surface area contributed by atoms with Crippen LogP contribution in [-0.2, 0) is 23.6 Å². The highest BCUT2D eigenvalue weighted by Crippen LogP contribution is 2.41. The van der Waals surface area contributed by atoms with E-state index in [4.69, 9.17) is 0 Å². The number of amides is 1. The van der Waals surface area contributed by atoms with E-state index in [0.29, 0.717) is 25.1 Å². The molecule has 1 aromatic carbocycles. The zero-order chi connectivity index (χ0) is 18.6. The van der Waals surface area contributed by atoms with Gasteiger partial charge in [0.05, 0.1) is 23.7 Å². The van der Waals surface area contributed by atoms with Crippen LogP contribution in [0.3, 0.4) is 0 Å². The summed E-state index contributed by atoms with van der Waals surface area (Å²) in [4.78, 5) is 13.6. The van der Waals surface area contributed by atoms with Crippen molar-refractivity contribution >= 4 is 5.91 Å². The average molecular weight is 367 g/mol. The fraction of sp³-hybridized carbons (Fsp3) is 0.562. The lowest BCUT2D eigenvalue weighted by Crippen LogP contribution is -2.39. The summed E-state index contributed by atoms with van der Waals surface area (Å²) in [6.45, 7) is 0.668. The SMILES string of the molecule is O=C(Cc1cc(C(F)(F)F)cc(C(F)(F)F)c1)N1C[C@H]2C[C@H](O)[C@H]2C1. The standard InChI is InChI=1S/C16H15F6NO2/c17-15(18,19)10-1-8(2-11(5-10)16(20,21)22)3-14(25)23-6-9-4-13(24)12(9)7-23/h1-2,5,9,12-13,24H,3-4,6-7H2/t9-,12+,13+/m1/s1. The summed E-state index contributed by atoms with van der Waals surface area (Å²) in [5.74, 6) is -0.420. The van der Waals surface area contributed by atoms with Crippen LogP contribution >= 0.6 is 0 Å².